The van der Waals surface area contributed by atoms with E-state index >= 15 is 0 Å². The van der Waals surface area contributed by atoms with E-state index in [1.54, 1.807) is 19.1 Å². The molecule has 0 atom stereocenters. The number of nitrogens with zero attached hydrogens (tertiary/aromatic N) is 1. The Kier molecular flexibility index (Phi) is 4.32. The molecule has 74 valence electrons. The highest BCUT2D eigenvalue weighted by atomic mass is 79.9. The smallest absolute Gasteiger partial charge is 0.349 e. The van der Waals surface area contributed by atoms with Crippen molar-refractivity contribution in [3.8, 4) is 0 Å². The number of halogens is 1. The Labute approximate surface area is 90.9 Å². The second-order valence-electron chi connectivity index (χ2n) is 2.49. The van der Waals surface area contributed by atoms with Gasteiger partial charge in [-0.25, -0.2) is 9.79 Å². The van der Waals surface area contributed by atoms with Crippen LogP contribution in [-0.2, 0) is 9.53 Å². The van der Waals surface area contributed by atoms with Crippen LogP contribution in [0, 0.1) is 0 Å². The number of aliphatic imine (C=N–C) groups is 1. The first kappa shape index (κ1) is 10.9. The van der Waals surface area contributed by atoms with E-state index in [9.17, 15) is 4.79 Å². The van der Waals surface area contributed by atoms with Crippen LogP contribution in [-0.4, -0.2) is 18.8 Å². The number of benzene rings is 1. The molecule has 0 aliphatic rings. The molecule has 0 aromatic heterocycles. The molecule has 0 aliphatic carbocycles. The van der Waals surface area contributed by atoms with E-state index in [1.165, 1.54) is 6.21 Å². The minimum atomic E-state index is -0.421. The van der Waals surface area contributed by atoms with Crippen LogP contribution in [0.1, 0.15) is 6.92 Å². The van der Waals surface area contributed by atoms with Gasteiger partial charge in [-0.1, -0.05) is 15.9 Å². The van der Waals surface area contributed by atoms with Gasteiger partial charge in [0.25, 0.3) is 0 Å². The molecular weight excluding hydrogens is 246 g/mol. The quantitative estimate of drug-likeness (QED) is 0.616. The zero-order valence-electron chi connectivity index (χ0n) is 7.74. The van der Waals surface area contributed by atoms with Gasteiger partial charge in [-0.15, -0.1) is 0 Å². The summed E-state index contributed by atoms with van der Waals surface area (Å²) in [5.74, 6) is -0.421. The Morgan fingerprint density at radius 1 is 1.50 bits per heavy atom. The molecule has 3 nitrogen and oxygen atoms in total. The zero-order chi connectivity index (χ0) is 10.4. The summed E-state index contributed by atoms with van der Waals surface area (Å²) in [6.07, 6.45) is 1.17. The average molecular weight is 256 g/mol. The molecule has 0 bridgehead atoms. The summed E-state index contributed by atoms with van der Waals surface area (Å²) >= 11 is 3.31. The van der Waals surface area contributed by atoms with E-state index in [0.29, 0.717) is 6.61 Å². The third-order valence-electron chi connectivity index (χ3n) is 1.43. The highest BCUT2D eigenvalue weighted by molar-refractivity contribution is 9.10. The summed E-state index contributed by atoms with van der Waals surface area (Å²) in [5, 5.41) is 0. The Morgan fingerprint density at radius 3 is 2.71 bits per heavy atom. The molecule has 14 heavy (non-hydrogen) atoms. The van der Waals surface area contributed by atoms with E-state index in [-0.39, 0.29) is 0 Å². The van der Waals surface area contributed by atoms with E-state index in [2.05, 4.69) is 25.7 Å². The van der Waals surface area contributed by atoms with E-state index in [1.807, 2.05) is 12.1 Å². The van der Waals surface area contributed by atoms with Gasteiger partial charge in [-0.3, -0.25) is 0 Å². The maximum Gasteiger partial charge on any atom is 0.349 e. The molecule has 0 N–H and O–H groups in total. The number of hydrogen-bond acceptors (Lipinski definition) is 3. The summed E-state index contributed by atoms with van der Waals surface area (Å²) in [7, 11) is 0. The highest BCUT2D eigenvalue weighted by Gasteiger charge is 1.94. The monoisotopic (exact) mass is 255 g/mol. The zero-order valence-corrected chi connectivity index (χ0v) is 9.32. The molecule has 0 fully saturated rings. The second-order valence-corrected chi connectivity index (χ2v) is 3.40. The molecule has 1 aromatic carbocycles. The lowest BCUT2D eigenvalue weighted by atomic mass is 10.3. The summed E-state index contributed by atoms with van der Waals surface area (Å²) in [6, 6.07) is 7.33. The van der Waals surface area contributed by atoms with Crippen LogP contribution >= 0.6 is 15.9 Å². The standard InChI is InChI=1S/C10H10BrNO2/c1-2-14-10(13)7-12-9-5-3-8(11)4-6-9/h3-7H,2H2,1H3. The first-order valence-electron chi connectivity index (χ1n) is 4.18. The Bertz CT molecular complexity index is 332. The number of rotatable bonds is 3. The topological polar surface area (TPSA) is 38.7 Å². The van der Waals surface area contributed by atoms with Crippen molar-refractivity contribution in [2.75, 3.05) is 6.61 Å². The van der Waals surface area contributed by atoms with Crippen molar-refractivity contribution >= 4 is 33.8 Å². The molecular formula is C10H10BrNO2. The number of hydrogen-bond donors (Lipinski definition) is 0. The SMILES string of the molecule is CCOC(=O)C=Nc1ccc(Br)cc1. The van der Waals surface area contributed by atoms with Gasteiger partial charge in [0.15, 0.2) is 0 Å². The molecule has 0 saturated heterocycles. The van der Waals surface area contributed by atoms with Crippen molar-refractivity contribution in [1.29, 1.82) is 0 Å². The second kappa shape index (κ2) is 5.54. The molecule has 0 aliphatic heterocycles. The molecule has 0 saturated carbocycles. The minimum Gasteiger partial charge on any atom is -0.462 e. The summed E-state index contributed by atoms with van der Waals surface area (Å²) in [5.41, 5.74) is 0.723. The predicted octanol–water partition coefficient (Wildman–Crippen LogP) is 2.71. The number of carbonyl (C=O) groups excluding carboxylic acids is 1. The maximum atomic E-state index is 10.9. The van der Waals surface area contributed by atoms with Crippen LogP contribution in [0.4, 0.5) is 5.69 Å². The highest BCUT2D eigenvalue weighted by Crippen LogP contribution is 2.15. The van der Waals surface area contributed by atoms with Gasteiger partial charge in [0, 0.05) is 4.47 Å². The maximum absolute atomic E-state index is 10.9. The van der Waals surface area contributed by atoms with Gasteiger partial charge in [-0.05, 0) is 31.2 Å². The first-order valence-corrected chi connectivity index (χ1v) is 4.98. The first-order chi connectivity index (χ1) is 6.72. The van der Waals surface area contributed by atoms with Crippen molar-refractivity contribution in [3.05, 3.63) is 28.7 Å². The molecule has 1 aromatic rings. The van der Waals surface area contributed by atoms with Gasteiger partial charge in [0.05, 0.1) is 12.3 Å². The summed E-state index contributed by atoms with van der Waals surface area (Å²) in [4.78, 5) is 14.8. The number of ether oxygens (including phenoxy) is 1. The number of esters is 1. The number of carbonyl (C=O) groups is 1. The van der Waals surface area contributed by atoms with Gasteiger partial charge in [-0.2, -0.15) is 0 Å². The van der Waals surface area contributed by atoms with Gasteiger partial charge >= 0.3 is 5.97 Å². The molecule has 0 heterocycles. The lowest BCUT2D eigenvalue weighted by molar-refractivity contribution is -0.134. The Hall–Kier alpha value is -1.16. The minimum absolute atomic E-state index is 0.366. The van der Waals surface area contributed by atoms with Crippen molar-refractivity contribution < 1.29 is 9.53 Å². The molecule has 0 spiro atoms. The van der Waals surface area contributed by atoms with Gasteiger partial charge < -0.3 is 4.74 Å². The van der Waals surface area contributed by atoms with Crippen LogP contribution in [0.5, 0.6) is 0 Å². The van der Waals surface area contributed by atoms with E-state index in [4.69, 9.17) is 0 Å². The van der Waals surface area contributed by atoms with E-state index in [0.717, 1.165) is 10.2 Å². The van der Waals surface area contributed by atoms with Crippen LogP contribution in [0.15, 0.2) is 33.7 Å². The third kappa shape index (κ3) is 3.70. The largest absolute Gasteiger partial charge is 0.462 e. The Morgan fingerprint density at radius 2 is 2.14 bits per heavy atom. The molecule has 0 unspecified atom stereocenters. The molecule has 1 rings (SSSR count). The summed E-state index contributed by atoms with van der Waals surface area (Å²) in [6.45, 7) is 2.12. The predicted molar refractivity (Wildman–Crippen MR) is 58.9 cm³/mol. The van der Waals surface area contributed by atoms with Crippen LogP contribution in [0.25, 0.3) is 0 Å². The fraction of sp³-hybridized carbons (Fsp3) is 0.200. The molecule has 0 amide bonds. The van der Waals surface area contributed by atoms with Crippen molar-refractivity contribution in [2.45, 2.75) is 6.92 Å². The fourth-order valence-electron chi connectivity index (χ4n) is 0.834. The molecule has 0 radical (unpaired) electrons. The lowest BCUT2D eigenvalue weighted by Gasteiger charge is -1.95. The lowest BCUT2D eigenvalue weighted by Crippen LogP contribution is -2.04. The van der Waals surface area contributed by atoms with E-state index < -0.39 is 5.97 Å². The van der Waals surface area contributed by atoms with Gasteiger partial charge in [0.1, 0.15) is 6.21 Å². The van der Waals surface area contributed by atoms with Gasteiger partial charge in [0.2, 0.25) is 0 Å². The van der Waals surface area contributed by atoms with Crippen LogP contribution < -0.4 is 0 Å². The van der Waals surface area contributed by atoms with Crippen molar-refractivity contribution in [3.63, 3.8) is 0 Å². The van der Waals surface area contributed by atoms with Crippen LogP contribution in [0.3, 0.4) is 0 Å². The van der Waals surface area contributed by atoms with Crippen molar-refractivity contribution in [2.24, 2.45) is 4.99 Å². The fourth-order valence-corrected chi connectivity index (χ4v) is 1.10. The average Bonchev–Trinajstić information content (AvgIpc) is 2.17. The normalized spacial score (nSPS) is 10.4. The van der Waals surface area contributed by atoms with Crippen LogP contribution in [0.2, 0.25) is 0 Å². The molecule has 4 heteroatoms. The Balaban J connectivity index is 2.60. The van der Waals surface area contributed by atoms with Crippen molar-refractivity contribution in [1.82, 2.24) is 0 Å². The summed E-state index contributed by atoms with van der Waals surface area (Å²) < 4.78 is 5.67. The third-order valence-corrected chi connectivity index (χ3v) is 1.96.